The molecular formula is C26H28N6O3. The lowest BCUT2D eigenvalue weighted by atomic mass is 9.84. The van der Waals surface area contributed by atoms with Gasteiger partial charge in [-0.05, 0) is 25.1 Å². The lowest BCUT2D eigenvalue weighted by molar-refractivity contribution is -0.132. The van der Waals surface area contributed by atoms with Crippen LogP contribution in [0.15, 0.2) is 59.3 Å². The number of rotatable bonds is 7. The molecule has 9 heteroatoms. The van der Waals surface area contributed by atoms with Crippen molar-refractivity contribution in [2.75, 3.05) is 44.7 Å². The van der Waals surface area contributed by atoms with Crippen molar-refractivity contribution in [2.24, 2.45) is 4.99 Å². The maximum atomic E-state index is 11.5. The van der Waals surface area contributed by atoms with Crippen LogP contribution in [0.2, 0.25) is 0 Å². The van der Waals surface area contributed by atoms with Crippen molar-refractivity contribution in [3.63, 3.8) is 0 Å². The van der Waals surface area contributed by atoms with Gasteiger partial charge in [0.1, 0.15) is 17.6 Å². The molecule has 0 spiro atoms. The molecule has 3 unspecified atom stereocenters. The molecule has 0 amide bonds. The summed E-state index contributed by atoms with van der Waals surface area (Å²) in [5, 5.41) is 16.2. The number of carbonyl (C=O) groups is 1. The number of carboxylic acid groups (broad SMARTS) is 1. The van der Waals surface area contributed by atoms with Gasteiger partial charge < -0.3 is 20.5 Å². The molecule has 180 valence electrons. The third-order valence-corrected chi connectivity index (χ3v) is 6.29. The number of aliphatic imine (C=N–C) groups is 1. The Morgan fingerprint density at radius 1 is 1.26 bits per heavy atom. The van der Waals surface area contributed by atoms with E-state index in [4.69, 9.17) is 14.7 Å². The van der Waals surface area contributed by atoms with Gasteiger partial charge in [0, 0.05) is 37.3 Å². The first kappa shape index (κ1) is 23.0. The first-order chi connectivity index (χ1) is 17.2. The number of nitrogens with one attached hydrogen (secondary N) is 2. The van der Waals surface area contributed by atoms with Crippen molar-refractivity contribution in [2.45, 2.75) is 24.4 Å². The van der Waals surface area contributed by atoms with Crippen LogP contribution in [0.25, 0.3) is 0 Å². The van der Waals surface area contributed by atoms with Crippen molar-refractivity contribution < 1.29 is 14.6 Å². The predicted molar refractivity (Wildman–Crippen MR) is 133 cm³/mol. The topological polar surface area (TPSA) is 112 Å². The molecule has 2 aliphatic carbocycles. The van der Waals surface area contributed by atoms with Gasteiger partial charge in [-0.2, -0.15) is 0 Å². The average Bonchev–Trinajstić information content (AvgIpc) is 3.15. The van der Waals surface area contributed by atoms with E-state index >= 15 is 0 Å². The summed E-state index contributed by atoms with van der Waals surface area (Å²) in [4.78, 5) is 28.1. The van der Waals surface area contributed by atoms with Crippen molar-refractivity contribution in [1.29, 1.82) is 0 Å². The smallest absolute Gasteiger partial charge is 0.335 e. The van der Waals surface area contributed by atoms with Crippen molar-refractivity contribution in [3.05, 3.63) is 65.6 Å². The monoisotopic (exact) mass is 472 g/mol. The molecule has 9 nitrogen and oxygen atoms in total. The zero-order valence-corrected chi connectivity index (χ0v) is 19.4. The largest absolute Gasteiger partial charge is 0.478 e. The number of aliphatic carboxylic acids is 1. The minimum atomic E-state index is -0.966. The molecule has 1 saturated heterocycles. The van der Waals surface area contributed by atoms with E-state index in [1.165, 1.54) is 0 Å². The number of hydrogen-bond donors (Lipinski definition) is 3. The minimum Gasteiger partial charge on any atom is -0.478 e. The molecular weight excluding hydrogens is 444 g/mol. The van der Waals surface area contributed by atoms with Crippen LogP contribution in [0, 0.1) is 11.8 Å². The van der Waals surface area contributed by atoms with Gasteiger partial charge in [0.25, 0.3) is 0 Å². The first-order valence-electron chi connectivity index (χ1n) is 11.9. The second-order valence-corrected chi connectivity index (χ2v) is 8.67. The first-order valence-corrected chi connectivity index (χ1v) is 11.9. The summed E-state index contributed by atoms with van der Waals surface area (Å²) in [7, 11) is 0. The van der Waals surface area contributed by atoms with Crippen LogP contribution in [0.5, 0.6) is 0 Å². The number of anilines is 1. The Hall–Kier alpha value is -3.74. The van der Waals surface area contributed by atoms with Crippen LogP contribution in [-0.4, -0.2) is 83.3 Å². The third-order valence-electron chi connectivity index (χ3n) is 6.29. The second-order valence-electron chi connectivity index (χ2n) is 8.67. The summed E-state index contributed by atoms with van der Waals surface area (Å²) >= 11 is 0. The van der Waals surface area contributed by atoms with Gasteiger partial charge in [-0.1, -0.05) is 42.2 Å². The van der Waals surface area contributed by atoms with Gasteiger partial charge in [0.2, 0.25) is 5.95 Å². The van der Waals surface area contributed by atoms with E-state index in [2.05, 4.69) is 32.4 Å². The van der Waals surface area contributed by atoms with E-state index in [9.17, 15) is 9.90 Å². The maximum absolute atomic E-state index is 11.5. The van der Waals surface area contributed by atoms with Gasteiger partial charge >= 0.3 is 5.97 Å². The van der Waals surface area contributed by atoms with Crippen molar-refractivity contribution in [1.82, 2.24) is 20.2 Å². The minimum absolute atomic E-state index is 0.119. The lowest BCUT2D eigenvalue weighted by Gasteiger charge is -2.30. The van der Waals surface area contributed by atoms with Crippen LogP contribution in [0.3, 0.4) is 0 Å². The van der Waals surface area contributed by atoms with Gasteiger partial charge in [-0.15, -0.1) is 0 Å². The number of carboxylic acids is 1. The van der Waals surface area contributed by atoms with Crippen LogP contribution < -0.4 is 10.6 Å². The predicted octanol–water partition coefficient (Wildman–Crippen LogP) is 1.49. The fourth-order valence-electron chi connectivity index (χ4n) is 4.46. The number of ether oxygens (including phenoxy) is 1. The Morgan fingerprint density at radius 3 is 3.00 bits per heavy atom. The summed E-state index contributed by atoms with van der Waals surface area (Å²) < 4.78 is 5.41. The Kier molecular flexibility index (Phi) is 7.02. The van der Waals surface area contributed by atoms with E-state index in [1.807, 2.05) is 30.5 Å². The zero-order chi connectivity index (χ0) is 24.0. The molecule has 2 aliphatic heterocycles. The summed E-state index contributed by atoms with van der Waals surface area (Å²) in [6, 6.07) is -0.590. The van der Waals surface area contributed by atoms with E-state index < -0.39 is 5.97 Å². The van der Waals surface area contributed by atoms with Crippen molar-refractivity contribution >= 4 is 17.8 Å². The van der Waals surface area contributed by atoms with Gasteiger partial charge in [-0.3, -0.25) is 9.89 Å². The molecule has 1 aromatic rings. The number of aromatic nitrogens is 2. The Balaban J connectivity index is 1.35. The molecule has 0 radical (unpaired) electrons. The molecule has 3 N–H and O–H groups in total. The fraction of sp³-hybridized carbons (Fsp3) is 0.385. The number of fused-ring (bicyclic) bond motifs is 3. The van der Waals surface area contributed by atoms with Crippen LogP contribution in [0.4, 0.5) is 5.95 Å². The van der Waals surface area contributed by atoms with Gasteiger partial charge in [0.15, 0.2) is 0 Å². The molecule has 3 atom stereocenters. The van der Waals surface area contributed by atoms with Gasteiger partial charge in [0.05, 0.1) is 24.8 Å². The van der Waals surface area contributed by atoms with E-state index in [1.54, 1.807) is 18.2 Å². The molecule has 5 rings (SSSR count). The number of allylic oxidation sites excluding steroid dienone is 3. The third kappa shape index (κ3) is 5.50. The molecule has 1 aromatic heterocycles. The zero-order valence-electron chi connectivity index (χ0n) is 19.4. The molecule has 0 bridgehead atoms. The molecule has 0 aromatic carbocycles. The van der Waals surface area contributed by atoms with E-state index in [-0.39, 0.29) is 23.6 Å². The highest BCUT2D eigenvalue weighted by atomic mass is 16.5. The number of amidine groups is 1. The summed E-state index contributed by atoms with van der Waals surface area (Å²) in [6.45, 7) is 5.31. The highest BCUT2D eigenvalue weighted by Gasteiger charge is 2.33. The number of hydrogen-bond acceptors (Lipinski definition) is 8. The van der Waals surface area contributed by atoms with Crippen LogP contribution >= 0.6 is 0 Å². The second kappa shape index (κ2) is 10.7. The fourth-order valence-corrected chi connectivity index (χ4v) is 4.46. The summed E-state index contributed by atoms with van der Waals surface area (Å²) in [5.41, 5.74) is 1.85. The highest BCUT2D eigenvalue weighted by Crippen LogP contribution is 2.35. The van der Waals surface area contributed by atoms with E-state index in [0.717, 1.165) is 51.4 Å². The average molecular weight is 473 g/mol. The SMILES string of the molecule is O=C(O)C1=CC2N=C(NC3C#CC=CC=C3)c3nc(NCCCN4CCOCC4)ncc3C2C=C1. The maximum Gasteiger partial charge on any atom is 0.335 e. The Bertz CT molecular complexity index is 1180. The highest BCUT2D eigenvalue weighted by molar-refractivity contribution is 6.01. The molecule has 4 aliphatic rings. The normalized spacial score (nSPS) is 24.7. The molecule has 1 fully saturated rings. The summed E-state index contributed by atoms with van der Waals surface area (Å²) in [6.07, 6.45) is 15.5. The van der Waals surface area contributed by atoms with Crippen LogP contribution in [0.1, 0.15) is 23.6 Å². The Labute approximate surface area is 204 Å². The number of nitrogens with zero attached hydrogens (tertiary/aromatic N) is 4. The molecule has 0 saturated carbocycles. The Morgan fingerprint density at radius 2 is 2.14 bits per heavy atom. The van der Waals surface area contributed by atoms with Gasteiger partial charge in [-0.25, -0.2) is 14.8 Å². The number of morpholine rings is 1. The quantitative estimate of drug-likeness (QED) is 0.404. The molecule has 35 heavy (non-hydrogen) atoms. The van der Waals surface area contributed by atoms with E-state index in [0.29, 0.717) is 17.5 Å². The lowest BCUT2D eigenvalue weighted by Crippen LogP contribution is -2.39. The standard InChI is InChI=1S/C26H28N6O3/c33-25(34)18-8-9-20-21-17-28-26(27-10-5-11-32-12-14-35-15-13-32)31-23(21)24(30-22(20)16-18)29-19-6-3-1-2-4-7-19/h1-3,6,8-9,16-17,19-20,22H,5,10-15H2,(H,29,30)(H,33,34)(H,27,28,31). The van der Waals surface area contributed by atoms with Crippen LogP contribution in [-0.2, 0) is 9.53 Å². The molecule has 3 heterocycles. The van der Waals surface area contributed by atoms with Crippen molar-refractivity contribution in [3.8, 4) is 11.8 Å². The summed E-state index contributed by atoms with van der Waals surface area (Å²) in [5.74, 6) is 6.17.